The van der Waals surface area contributed by atoms with Gasteiger partial charge in [0.25, 0.3) is 0 Å². The summed E-state index contributed by atoms with van der Waals surface area (Å²) in [5.74, 6) is 1.59. The molecule has 84 valence electrons. The molecule has 1 aliphatic heterocycles. The monoisotopic (exact) mass is 219 g/mol. The molecule has 1 aromatic rings. The highest BCUT2D eigenvalue weighted by atomic mass is 16.5. The van der Waals surface area contributed by atoms with Crippen LogP contribution in [0.1, 0.15) is 36.9 Å². The number of hydrogen-bond donors (Lipinski definition) is 0. The number of ether oxygens (including phenoxy) is 1. The van der Waals surface area contributed by atoms with Gasteiger partial charge in [-0.3, -0.25) is 0 Å². The van der Waals surface area contributed by atoms with Gasteiger partial charge in [-0.15, -0.1) is 0 Å². The molecule has 0 bridgehead atoms. The lowest BCUT2D eigenvalue weighted by atomic mass is 10.2. The fourth-order valence-corrected chi connectivity index (χ4v) is 2.12. The van der Waals surface area contributed by atoms with Crippen molar-refractivity contribution in [2.24, 2.45) is 5.92 Å². The molecule has 3 rings (SSSR count). The van der Waals surface area contributed by atoms with Crippen molar-refractivity contribution in [3.05, 3.63) is 11.7 Å². The van der Waals surface area contributed by atoms with Crippen LogP contribution in [0.25, 0.3) is 0 Å². The van der Waals surface area contributed by atoms with Gasteiger partial charge in [-0.1, -0.05) is 5.16 Å². The maximum Gasteiger partial charge on any atom is 0.231 e. The first kappa shape index (κ1) is 9.79. The summed E-state index contributed by atoms with van der Waals surface area (Å²) in [5, 5.41) is 12.6. The molecule has 1 saturated carbocycles. The Labute approximate surface area is 93.4 Å². The number of hydrogen-bond acceptors (Lipinski definition) is 5. The molecule has 2 fully saturated rings. The Morgan fingerprint density at radius 2 is 2.44 bits per heavy atom. The Morgan fingerprint density at radius 3 is 3.12 bits per heavy atom. The molecule has 0 N–H and O–H groups in total. The topological polar surface area (TPSA) is 71.9 Å². The van der Waals surface area contributed by atoms with Crippen molar-refractivity contribution in [1.82, 2.24) is 10.1 Å². The Balaban J connectivity index is 1.62. The van der Waals surface area contributed by atoms with Crippen molar-refractivity contribution in [3.8, 4) is 6.07 Å². The molecule has 2 aliphatic rings. The molecule has 1 aromatic heterocycles. The normalized spacial score (nSPS) is 32.6. The standard InChI is InChI=1S/C11H13N3O2/c12-6-7-4-9(7)11-13-10(14-16-11)5-8-2-1-3-15-8/h7-9H,1-5H2. The highest BCUT2D eigenvalue weighted by Gasteiger charge is 2.43. The maximum atomic E-state index is 8.71. The Bertz CT molecular complexity index is 417. The largest absolute Gasteiger partial charge is 0.378 e. The van der Waals surface area contributed by atoms with Crippen molar-refractivity contribution in [2.45, 2.75) is 37.7 Å². The van der Waals surface area contributed by atoms with Gasteiger partial charge in [-0.25, -0.2) is 0 Å². The number of aromatic nitrogens is 2. The average Bonchev–Trinajstić information content (AvgIpc) is 2.72. The average molecular weight is 219 g/mol. The summed E-state index contributed by atoms with van der Waals surface area (Å²) in [6.07, 6.45) is 4.03. The summed E-state index contributed by atoms with van der Waals surface area (Å²) in [6.45, 7) is 0.842. The summed E-state index contributed by atoms with van der Waals surface area (Å²) in [7, 11) is 0. The van der Waals surface area contributed by atoms with Crippen LogP contribution in [0.3, 0.4) is 0 Å². The zero-order valence-corrected chi connectivity index (χ0v) is 8.93. The summed E-state index contributed by atoms with van der Waals surface area (Å²) < 4.78 is 10.7. The first-order valence-corrected chi connectivity index (χ1v) is 5.70. The highest BCUT2D eigenvalue weighted by Crippen LogP contribution is 2.46. The van der Waals surface area contributed by atoms with Crippen LogP contribution in [0.4, 0.5) is 0 Å². The van der Waals surface area contributed by atoms with Crippen molar-refractivity contribution in [3.63, 3.8) is 0 Å². The fourth-order valence-electron chi connectivity index (χ4n) is 2.12. The molecule has 3 unspecified atom stereocenters. The van der Waals surface area contributed by atoms with Gasteiger partial charge in [-0.2, -0.15) is 10.2 Å². The van der Waals surface area contributed by atoms with Gasteiger partial charge in [0.2, 0.25) is 5.89 Å². The Hall–Kier alpha value is -1.41. The summed E-state index contributed by atoms with van der Waals surface area (Å²) in [4.78, 5) is 4.33. The minimum atomic E-state index is 0.0797. The van der Waals surface area contributed by atoms with Crippen LogP contribution in [0.2, 0.25) is 0 Å². The Morgan fingerprint density at radius 1 is 1.50 bits per heavy atom. The highest BCUT2D eigenvalue weighted by molar-refractivity contribution is 5.15. The van der Waals surface area contributed by atoms with Crippen molar-refractivity contribution >= 4 is 0 Å². The molecule has 3 atom stereocenters. The lowest BCUT2D eigenvalue weighted by Gasteiger charge is -2.03. The van der Waals surface area contributed by atoms with E-state index in [0.717, 1.165) is 32.3 Å². The van der Waals surface area contributed by atoms with Gasteiger partial charge >= 0.3 is 0 Å². The van der Waals surface area contributed by atoms with E-state index in [1.165, 1.54) is 0 Å². The molecule has 1 saturated heterocycles. The molecule has 16 heavy (non-hydrogen) atoms. The van der Waals surface area contributed by atoms with E-state index < -0.39 is 0 Å². The zero-order valence-electron chi connectivity index (χ0n) is 8.93. The molecular formula is C11H13N3O2. The third-order valence-corrected chi connectivity index (χ3v) is 3.19. The van der Waals surface area contributed by atoms with E-state index in [4.69, 9.17) is 14.5 Å². The lowest BCUT2D eigenvalue weighted by molar-refractivity contribution is 0.109. The summed E-state index contributed by atoms with van der Waals surface area (Å²) in [5.41, 5.74) is 0. The van der Waals surface area contributed by atoms with E-state index >= 15 is 0 Å². The molecule has 0 aromatic carbocycles. The Kier molecular flexibility index (Phi) is 2.37. The van der Waals surface area contributed by atoms with Gasteiger partial charge in [-0.05, 0) is 19.3 Å². The molecule has 2 heterocycles. The number of nitriles is 1. The predicted molar refractivity (Wildman–Crippen MR) is 53.4 cm³/mol. The first-order chi connectivity index (χ1) is 7.86. The van der Waals surface area contributed by atoms with E-state index in [9.17, 15) is 0 Å². The maximum absolute atomic E-state index is 8.71. The second kappa shape index (κ2) is 3.87. The van der Waals surface area contributed by atoms with Crippen molar-refractivity contribution < 1.29 is 9.26 Å². The molecule has 1 aliphatic carbocycles. The third kappa shape index (κ3) is 1.81. The van der Waals surface area contributed by atoms with E-state index in [0.29, 0.717) is 11.7 Å². The van der Waals surface area contributed by atoms with Crippen LogP contribution < -0.4 is 0 Å². The summed E-state index contributed by atoms with van der Waals surface area (Å²) >= 11 is 0. The van der Waals surface area contributed by atoms with E-state index in [-0.39, 0.29) is 17.9 Å². The molecule has 0 amide bonds. The second-order valence-electron chi connectivity index (χ2n) is 4.47. The van der Waals surface area contributed by atoms with Crippen LogP contribution in [0, 0.1) is 17.2 Å². The number of nitrogens with zero attached hydrogens (tertiary/aromatic N) is 3. The van der Waals surface area contributed by atoms with E-state index in [2.05, 4.69) is 16.2 Å². The van der Waals surface area contributed by atoms with E-state index in [1.54, 1.807) is 0 Å². The van der Waals surface area contributed by atoms with Crippen LogP contribution in [0.15, 0.2) is 4.52 Å². The lowest BCUT2D eigenvalue weighted by Crippen LogP contribution is -2.09. The smallest absolute Gasteiger partial charge is 0.231 e. The second-order valence-corrected chi connectivity index (χ2v) is 4.47. The first-order valence-electron chi connectivity index (χ1n) is 5.70. The van der Waals surface area contributed by atoms with Crippen LogP contribution in [0.5, 0.6) is 0 Å². The van der Waals surface area contributed by atoms with Crippen molar-refractivity contribution in [1.29, 1.82) is 5.26 Å². The number of rotatable bonds is 3. The fraction of sp³-hybridized carbons (Fsp3) is 0.727. The SMILES string of the molecule is N#CC1CC1c1nc(CC2CCCO2)no1. The predicted octanol–water partition coefficient (Wildman–Crippen LogP) is 1.42. The van der Waals surface area contributed by atoms with Gasteiger partial charge in [0.15, 0.2) is 5.82 Å². The minimum Gasteiger partial charge on any atom is -0.378 e. The third-order valence-electron chi connectivity index (χ3n) is 3.19. The van der Waals surface area contributed by atoms with E-state index in [1.807, 2.05) is 0 Å². The molecule has 5 heteroatoms. The van der Waals surface area contributed by atoms with Gasteiger partial charge in [0, 0.05) is 13.0 Å². The zero-order chi connectivity index (χ0) is 11.0. The minimum absolute atomic E-state index is 0.0797. The quantitative estimate of drug-likeness (QED) is 0.768. The molecular weight excluding hydrogens is 206 g/mol. The molecule has 0 spiro atoms. The molecule has 0 radical (unpaired) electrons. The van der Waals surface area contributed by atoms with Crippen LogP contribution in [-0.4, -0.2) is 22.9 Å². The van der Waals surface area contributed by atoms with Crippen LogP contribution >= 0.6 is 0 Å². The van der Waals surface area contributed by atoms with Gasteiger partial charge in [0.05, 0.1) is 24.0 Å². The van der Waals surface area contributed by atoms with Gasteiger partial charge < -0.3 is 9.26 Å². The molecule has 5 nitrogen and oxygen atoms in total. The van der Waals surface area contributed by atoms with Gasteiger partial charge in [0.1, 0.15) is 0 Å². The van der Waals surface area contributed by atoms with Crippen molar-refractivity contribution in [2.75, 3.05) is 6.61 Å². The summed E-state index contributed by atoms with van der Waals surface area (Å²) in [6, 6.07) is 2.22. The van der Waals surface area contributed by atoms with Crippen LogP contribution in [-0.2, 0) is 11.2 Å².